The van der Waals surface area contributed by atoms with Gasteiger partial charge in [0.05, 0.1) is 5.69 Å². The van der Waals surface area contributed by atoms with Crippen molar-refractivity contribution >= 4 is 16.6 Å². The van der Waals surface area contributed by atoms with Gasteiger partial charge in [-0.2, -0.15) is 0 Å². The van der Waals surface area contributed by atoms with E-state index in [1.165, 1.54) is 22.3 Å². The van der Waals surface area contributed by atoms with Crippen molar-refractivity contribution in [3.63, 3.8) is 0 Å². The van der Waals surface area contributed by atoms with Gasteiger partial charge in [-0.25, -0.2) is 0 Å². The van der Waals surface area contributed by atoms with Crippen molar-refractivity contribution in [2.75, 3.05) is 19.0 Å². The SMILES string of the molecule is Cc1[nH]c2ccccc2c1N(C)C. The molecule has 0 aliphatic heterocycles. The van der Waals surface area contributed by atoms with Crippen molar-refractivity contribution in [3.8, 4) is 0 Å². The normalized spacial score (nSPS) is 10.7. The summed E-state index contributed by atoms with van der Waals surface area (Å²) in [5.74, 6) is 0. The first kappa shape index (κ1) is 8.17. The van der Waals surface area contributed by atoms with Crippen LogP contribution in [0.1, 0.15) is 5.69 Å². The predicted molar refractivity (Wildman–Crippen MR) is 57.4 cm³/mol. The number of nitrogens with zero attached hydrogens (tertiary/aromatic N) is 1. The summed E-state index contributed by atoms with van der Waals surface area (Å²) in [6, 6.07) is 8.38. The van der Waals surface area contributed by atoms with Crippen LogP contribution in [-0.4, -0.2) is 19.1 Å². The number of para-hydroxylation sites is 1. The minimum atomic E-state index is 1.21. The van der Waals surface area contributed by atoms with Crippen molar-refractivity contribution in [2.24, 2.45) is 0 Å². The topological polar surface area (TPSA) is 19.0 Å². The van der Waals surface area contributed by atoms with Gasteiger partial charge in [-0.1, -0.05) is 18.2 Å². The predicted octanol–water partition coefficient (Wildman–Crippen LogP) is 2.54. The highest BCUT2D eigenvalue weighted by Crippen LogP contribution is 2.28. The molecule has 0 radical (unpaired) electrons. The Labute approximate surface area is 78.2 Å². The number of nitrogens with one attached hydrogen (secondary N) is 1. The van der Waals surface area contributed by atoms with Crippen LogP contribution in [0, 0.1) is 6.92 Å². The number of fused-ring (bicyclic) bond motifs is 1. The third kappa shape index (κ3) is 1.18. The van der Waals surface area contributed by atoms with Gasteiger partial charge in [0.25, 0.3) is 0 Å². The van der Waals surface area contributed by atoms with Crippen LogP contribution < -0.4 is 4.90 Å². The second kappa shape index (κ2) is 2.80. The molecule has 0 fully saturated rings. The Balaban J connectivity index is 2.78. The number of H-pyrrole nitrogens is 1. The molecule has 2 nitrogen and oxygen atoms in total. The highest BCUT2D eigenvalue weighted by molar-refractivity contribution is 5.94. The molecule has 1 aromatic heterocycles. The van der Waals surface area contributed by atoms with Gasteiger partial charge < -0.3 is 9.88 Å². The van der Waals surface area contributed by atoms with Crippen molar-refractivity contribution in [2.45, 2.75) is 6.92 Å². The molecule has 0 aliphatic rings. The molecule has 0 amide bonds. The number of aryl methyl sites for hydroxylation is 1. The van der Waals surface area contributed by atoms with Crippen LogP contribution in [0.25, 0.3) is 10.9 Å². The van der Waals surface area contributed by atoms with Crippen LogP contribution in [0.4, 0.5) is 5.69 Å². The van der Waals surface area contributed by atoms with E-state index in [2.05, 4.69) is 55.2 Å². The Morgan fingerprint density at radius 3 is 2.54 bits per heavy atom. The van der Waals surface area contributed by atoms with Gasteiger partial charge in [0, 0.05) is 30.7 Å². The number of rotatable bonds is 1. The lowest BCUT2D eigenvalue weighted by atomic mass is 10.2. The number of hydrogen-bond acceptors (Lipinski definition) is 1. The average Bonchev–Trinajstić information content (AvgIpc) is 2.39. The van der Waals surface area contributed by atoms with Crippen LogP contribution in [-0.2, 0) is 0 Å². The molecule has 0 aliphatic carbocycles. The van der Waals surface area contributed by atoms with E-state index in [4.69, 9.17) is 0 Å². The van der Waals surface area contributed by atoms with Gasteiger partial charge in [0.2, 0.25) is 0 Å². The summed E-state index contributed by atoms with van der Waals surface area (Å²) in [6.07, 6.45) is 0. The molecule has 0 spiro atoms. The zero-order chi connectivity index (χ0) is 9.42. The van der Waals surface area contributed by atoms with Gasteiger partial charge in [-0.05, 0) is 13.0 Å². The summed E-state index contributed by atoms with van der Waals surface area (Å²) in [6.45, 7) is 2.11. The van der Waals surface area contributed by atoms with E-state index < -0.39 is 0 Å². The van der Waals surface area contributed by atoms with Gasteiger partial charge in [0.1, 0.15) is 0 Å². The summed E-state index contributed by atoms with van der Waals surface area (Å²) in [5, 5.41) is 1.30. The molecule has 0 saturated heterocycles. The van der Waals surface area contributed by atoms with Gasteiger partial charge in [-0.15, -0.1) is 0 Å². The zero-order valence-electron chi connectivity index (χ0n) is 8.26. The Hall–Kier alpha value is -1.44. The number of hydrogen-bond donors (Lipinski definition) is 1. The fraction of sp³-hybridized carbons (Fsp3) is 0.273. The maximum atomic E-state index is 3.37. The van der Waals surface area contributed by atoms with E-state index in [0.717, 1.165) is 0 Å². The van der Waals surface area contributed by atoms with E-state index in [0.29, 0.717) is 0 Å². The first-order valence-corrected chi connectivity index (χ1v) is 4.45. The maximum Gasteiger partial charge on any atom is 0.0649 e. The van der Waals surface area contributed by atoms with Crippen LogP contribution in [0.5, 0.6) is 0 Å². The standard InChI is InChI=1S/C11H14N2/c1-8-11(13(2)3)9-6-4-5-7-10(9)12-8/h4-7,12H,1-3H3. The molecule has 1 aromatic carbocycles. The molecule has 0 saturated carbocycles. The maximum absolute atomic E-state index is 3.37. The van der Waals surface area contributed by atoms with Crippen LogP contribution in [0.3, 0.4) is 0 Å². The Morgan fingerprint density at radius 1 is 1.15 bits per heavy atom. The van der Waals surface area contributed by atoms with E-state index >= 15 is 0 Å². The minimum Gasteiger partial charge on any atom is -0.376 e. The quantitative estimate of drug-likeness (QED) is 0.704. The molecule has 1 heterocycles. The van der Waals surface area contributed by atoms with Crippen LogP contribution in [0.2, 0.25) is 0 Å². The highest BCUT2D eigenvalue weighted by atomic mass is 15.1. The summed E-state index contributed by atoms with van der Waals surface area (Å²) in [4.78, 5) is 5.51. The minimum absolute atomic E-state index is 1.21. The van der Waals surface area contributed by atoms with E-state index in [1.54, 1.807) is 0 Å². The molecule has 13 heavy (non-hydrogen) atoms. The van der Waals surface area contributed by atoms with Crippen molar-refractivity contribution in [1.82, 2.24) is 4.98 Å². The van der Waals surface area contributed by atoms with Gasteiger partial charge in [-0.3, -0.25) is 0 Å². The molecule has 2 rings (SSSR count). The molecule has 2 heteroatoms. The summed E-state index contributed by atoms with van der Waals surface area (Å²) >= 11 is 0. The smallest absolute Gasteiger partial charge is 0.0649 e. The molecule has 68 valence electrons. The van der Waals surface area contributed by atoms with Crippen LogP contribution in [0.15, 0.2) is 24.3 Å². The Bertz CT molecular complexity index is 427. The van der Waals surface area contributed by atoms with Crippen LogP contribution >= 0.6 is 0 Å². The lowest BCUT2D eigenvalue weighted by Gasteiger charge is -2.11. The largest absolute Gasteiger partial charge is 0.376 e. The van der Waals surface area contributed by atoms with Gasteiger partial charge in [0.15, 0.2) is 0 Å². The molecular weight excluding hydrogens is 160 g/mol. The lowest BCUT2D eigenvalue weighted by molar-refractivity contribution is 1.11. The number of benzene rings is 1. The first-order valence-electron chi connectivity index (χ1n) is 4.45. The summed E-state index contributed by atoms with van der Waals surface area (Å²) < 4.78 is 0. The molecular formula is C11H14N2. The third-order valence-corrected chi connectivity index (χ3v) is 2.31. The molecule has 0 unspecified atom stereocenters. The molecule has 2 aromatic rings. The van der Waals surface area contributed by atoms with Crippen molar-refractivity contribution in [3.05, 3.63) is 30.0 Å². The molecule has 0 atom stereocenters. The van der Waals surface area contributed by atoms with Crippen molar-refractivity contribution in [1.29, 1.82) is 0 Å². The monoisotopic (exact) mass is 174 g/mol. The fourth-order valence-corrected chi connectivity index (χ4v) is 1.84. The van der Waals surface area contributed by atoms with Crippen molar-refractivity contribution < 1.29 is 0 Å². The Kier molecular flexibility index (Phi) is 1.76. The molecule has 1 N–H and O–H groups in total. The summed E-state index contributed by atoms with van der Waals surface area (Å²) in [7, 11) is 4.14. The number of anilines is 1. The average molecular weight is 174 g/mol. The number of aromatic nitrogens is 1. The van der Waals surface area contributed by atoms with E-state index in [-0.39, 0.29) is 0 Å². The lowest BCUT2D eigenvalue weighted by Crippen LogP contribution is -2.09. The fourth-order valence-electron chi connectivity index (χ4n) is 1.84. The zero-order valence-corrected chi connectivity index (χ0v) is 8.26. The molecule has 0 bridgehead atoms. The number of aromatic amines is 1. The Morgan fingerprint density at radius 2 is 1.85 bits per heavy atom. The van der Waals surface area contributed by atoms with E-state index in [9.17, 15) is 0 Å². The summed E-state index contributed by atoms with van der Waals surface area (Å²) in [5.41, 5.74) is 3.73. The van der Waals surface area contributed by atoms with Gasteiger partial charge >= 0.3 is 0 Å². The second-order valence-electron chi connectivity index (χ2n) is 3.54. The second-order valence-corrected chi connectivity index (χ2v) is 3.54. The van der Waals surface area contributed by atoms with E-state index in [1.807, 2.05) is 0 Å². The third-order valence-electron chi connectivity index (χ3n) is 2.31. The highest BCUT2D eigenvalue weighted by Gasteiger charge is 2.08. The first-order chi connectivity index (χ1) is 6.20.